The zero-order valence-electron chi connectivity index (χ0n) is 20.1. The first-order chi connectivity index (χ1) is 16.8. The summed E-state index contributed by atoms with van der Waals surface area (Å²) in [6, 6.07) is 13.3. The van der Waals surface area contributed by atoms with Gasteiger partial charge in [-0.3, -0.25) is 14.5 Å². The van der Waals surface area contributed by atoms with Crippen LogP contribution in [0.1, 0.15) is 16.7 Å². The molecule has 0 saturated carbocycles. The summed E-state index contributed by atoms with van der Waals surface area (Å²) in [6.45, 7) is 6.30. The summed E-state index contributed by atoms with van der Waals surface area (Å²) in [5.74, 6) is 0.418. The van der Waals surface area contributed by atoms with Crippen LogP contribution in [0.15, 0.2) is 63.5 Å². The molecule has 184 valence electrons. The third kappa shape index (κ3) is 5.57. The average molecular weight is 529 g/mol. The Labute approximate surface area is 218 Å². The second kappa shape index (κ2) is 11.1. The van der Waals surface area contributed by atoms with Gasteiger partial charge in [0.05, 0.1) is 12.9 Å². The predicted octanol–water partition coefficient (Wildman–Crippen LogP) is 4.32. The Hall–Kier alpha value is -2.36. The van der Waals surface area contributed by atoms with Gasteiger partial charge in [-0.25, -0.2) is 4.79 Å². The molecule has 0 bridgehead atoms. The number of nitrogens with zero attached hydrogens (tertiary/aromatic N) is 1. The van der Waals surface area contributed by atoms with Crippen LogP contribution in [0.5, 0.6) is 0 Å². The highest BCUT2D eigenvalue weighted by molar-refractivity contribution is 8.01. The number of esters is 1. The number of hydrogen-bond donors (Lipinski definition) is 1. The van der Waals surface area contributed by atoms with Crippen LogP contribution in [0.4, 0.5) is 0 Å². The standard InChI is InChI=1S/C26H28N2O4S3/c1-15-10-20(11-16(2)17(15)3)33-12-18-13-35-25-22(24(30)28(25)23(18)26(31)32-4)27-21(29)14-34-19-8-6-5-7-9-19/h5-11,22,25H,12-14H2,1-4H3,(H,27,29). The summed E-state index contributed by atoms with van der Waals surface area (Å²) in [7, 11) is 1.33. The molecule has 0 spiro atoms. The van der Waals surface area contributed by atoms with E-state index in [1.807, 2.05) is 30.3 Å². The Balaban J connectivity index is 1.43. The molecule has 2 aromatic rings. The lowest BCUT2D eigenvalue weighted by Crippen LogP contribution is -2.70. The molecule has 2 atom stereocenters. The van der Waals surface area contributed by atoms with Crippen LogP contribution in [0, 0.1) is 20.8 Å². The molecule has 0 radical (unpaired) electrons. The molecule has 1 fully saturated rings. The number of fused-ring (bicyclic) bond motifs is 1. The maximum absolute atomic E-state index is 13.0. The van der Waals surface area contributed by atoms with Gasteiger partial charge < -0.3 is 10.1 Å². The minimum absolute atomic E-state index is 0.201. The molecule has 2 heterocycles. The van der Waals surface area contributed by atoms with E-state index in [0.717, 1.165) is 15.4 Å². The number of nitrogens with one attached hydrogen (secondary N) is 1. The number of carbonyl (C=O) groups is 3. The molecular formula is C26H28N2O4S3. The summed E-state index contributed by atoms with van der Waals surface area (Å²) in [5, 5.41) is 2.55. The largest absolute Gasteiger partial charge is 0.464 e. The molecule has 2 aliphatic rings. The average Bonchev–Trinajstić information content (AvgIpc) is 2.87. The van der Waals surface area contributed by atoms with Crippen molar-refractivity contribution in [3.05, 3.63) is 70.4 Å². The number of thioether (sulfide) groups is 3. The fourth-order valence-electron chi connectivity index (χ4n) is 4.01. The van der Waals surface area contributed by atoms with E-state index in [0.29, 0.717) is 17.2 Å². The number of rotatable bonds is 8. The molecule has 9 heteroatoms. The highest BCUT2D eigenvalue weighted by Crippen LogP contribution is 2.42. The second-order valence-corrected chi connectivity index (χ2v) is 11.7. The van der Waals surface area contributed by atoms with Crippen molar-refractivity contribution < 1.29 is 19.1 Å². The molecule has 2 amide bonds. The van der Waals surface area contributed by atoms with Crippen LogP contribution in [-0.4, -0.2) is 58.5 Å². The summed E-state index contributed by atoms with van der Waals surface area (Å²) in [4.78, 5) is 41.8. The first-order valence-electron chi connectivity index (χ1n) is 11.2. The summed E-state index contributed by atoms with van der Waals surface area (Å²) in [6.07, 6.45) is 0. The number of ether oxygens (including phenoxy) is 1. The zero-order chi connectivity index (χ0) is 25.1. The molecule has 1 saturated heterocycles. The number of carbonyl (C=O) groups excluding carboxylic acids is 3. The lowest BCUT2D eigenvalue weighted by molar-refractivity contribution is -0.151. The quantitative estimate of drug-likeness (QED) is 0.311. The van der Waals surface area contributed by atoms with Crippen LogP contribution in [0.2, 0.25) is 0 Å². The second-order valence-electron chi connectivity index (χ2n) is 8.47. The first kappa shape index (κ1) is 25.7. The number of β-lactam (4-membered cyclic amide) rings is 1. The molecule has 2 aliphatic heterocycles. The summed E-state index contributed by atoms with van der Waals surface area (Å²) >= 11 is 4.64. The van der Waals surface area contributed by atoms with E-state index in [1.54, 1.807) is 23.5 Å². The van der Waals surface area contributed by atoms with E-state index >= 15 is 0 Å². The van der Waals surface area contributed by atoms with E-state index in [4.69, 9.17) is 4.74 Å². The monoisotopic (exact) mass is 528 g/mol. The number of hydrogen-bond acceptors (Lipinski definition) is 7. The van der Waals surface area contributed by atoms with Crippen molar-refractivity contribution >= 4 is 53.1 Å². The molecule has 4 rings (SSSR count). The zero-order valence-corrected chi connectivity index (χ0v) is 22.6. The molecule has 1 N–H and O–H groups in total. The van der Waals surface area contributed by atoms with Gasteiger partial charge in [0.2, 0.25) is 5.91 Å². The Morgan fingerprint density at radius 2 is 1.77 bits per heavy atom. The van der Waals surface area contributed by atoms with E-state index in [-0.39, 0.29) is 22.9 Å². The maximum atomic E-state index is 13.0. The Morgan fingerprint density at radius 3 is 2.43 bits per heavy atom. The third-order valence-electron chi connectivity index (χ3n) is 6.17. The van der Waals surface area contributed by atoms with Crippen molar-refractivity contribution in [3.63, 3.8) is 0 Å². The van der Waals surface area contributed by atoms with Gasteiger partial charge >= 0.3 is 5.97 Å². The Morgan fingerprint density at radius 1 is 1.09 bits per heavy atom. The van der Waals surface area contributed by atoms with Gasteiger partial charge in [-0.1, -0.05) is 18.2 Å². The fourth-order valence-corrected chi connectivity index (χ4v) is 7.32. The highest BCUT2D eigenvalue weighted by Gasteiger charge is 2.54. The van der Waals surface area contributed by atoms with E-state index in [2.05, 4.69) is 38.2 Å². The van der Waals surface area contributed by atoms with Gasteiger partial charge in [-0.2, -0.15) is 0 Å². The Kier molecular flexibility index (Phi) is 8.19. The van der Waals surface area contributed by atoms with E-state index in [1.165, 1.54) is 40.5 Å². The molecule has 2 unspecified atom stereocenters. The number of aryl methyl sites for hydroxylation is 2. The smallest absolute Gasteiger partial charge is 0.354 e. The number of methoxy groups -OCH3 is 1. The normalized spacial score (nSPS) is 19.2. The van der Waals surface area contributed by atoms with Crippen molar-refractivity contribution in [1.29, 1.82) is 0 Å². The molecule has 0 aliphatic carbocycles. The van der Waals surface area contributed by atoms with Gasteiger partial charge in [0.1, 0.15) is 17.1 Å². The van der Waals surface area contributed by atoms with Gasteiger partial charge in [0, 0.05) is 21.3 Å². The van der Waals surface area contributed by atoms with Crippen LogP contribution >= 0.6 is 35.3 Å². The lowest BCUT2D eigenvalue weighted by atomic mass is 10.0. The molecule has 0 aromatic heterocycles. The van der Waals surface area contributed by atoms with E-state index in [9.17, 15) is 14.4 Å². The van der Waals surface area contributed by atoms with Gasteiger partial charge in [-0.15, -0.1) is 35.3 Å². The topological polar surface area (TPSA) is 75.7 Å². The van der Waals surface area contributed by atoms with Crippen molar-refractivity contribution in [3.8, 4) is 0 Å². The van der Waals surface area contributed by atoms with Gasteiger partial charge in [-0.05, 0) is 67.3 Å². The molecular weight excluding hydrogens is 500 g/mol. The van der Waals surface area contributed by atoms with Crippen LogP contribution in [0.3, 0.4) is 0 Å². The van der Waals surface area contributed by atoms with Crippen molar-refractivity contribution in [2.75, 3.05) is 24.4 Å². The number of benzene rings is 2. The van der Waals surface area contributed by atoms with Crippen molar-refractivity contribution in [2.45, 2.75) is 42.0 Å². The van der Waals surface area contributed by atoms with Crippen molar-refractivity contribution in [2.24, 2.45) is 0 Å². The lowest BCUT2D eigenvalue weighted by Gasteiger charge is -2.49. The SMILES string of the molecule is COC(=O)C1=C(CSc2cc(C)c(C)c(C)c2)CSC2C(NC(=O)CSc3ccccc3)C(=O)N12. The predicted molar refractivity (Wildman–Crippen MR) is 143 cm³/mol. The minimum atomic E-state index is -0.639. The van der Waals surface area contributed by atoms with Gasteiger partial charge in [0.25, 0.3) is 5.91 Å². The fraction of sp³-hybridized carbons (Fsp3) is 0.346. The summed E-state index contributed by atoms with van der Waals surface area (Å²) in [5.41, 5.74) is 4.93. The summed E-state index contributed by atoms with van der Waals surface area (Å²) < 4.78 is 5.03. The third-order valence-corrected chi connectivity index (χ3v) is 9.58. The molecule has 6 nitrogen and oxygen atoms in total. The first-order valence-corrected chi connectivity index (χ1v) is 14.2. The van der Waals surface area contributed by atoms with Crippen LogP contribution in [-0.2, 0) is 19.1 Å². The molecule has 2 aromatic carbocycles. The van der Waals surface area contributed by atoms with Crippen molar-refractivity contribution in [1.82, 2.24) is 10.2 Å². The van der Waals surface area contributed by atoms with E-state index < -0.39 is 12.0 Å². The molecule has 35 heavy (non-hydrogen) atoms. The van der Waals surface area contributed by atoms with Crippen LogP contribution in [0.25, 0.3) is 0 Å². The number of amides is 2. The maximum Gasteiger partial charge on any atom is 0.354 e. The van der Waals surface area contributed by atoms with Gasteiger partial charge in [0.15, 0.2) is 0 Å². The Bertz CT molecular complexity index is 1160. The highest BCUT2D eigenvalue weighted by atomic mass is 32.2. The van der Waals surface area contributed by atoms with Crippen LogP contribution < -0.4 is 5.32 Å². The minimum Gasteiger partial charge on any atom is -0.464 e.